The van der Waals surface area contributed by atoms with Gasteiger partial charge in [0, 0.05) is 18.6 Å². The third-order valence-corrected chi connectivity index (χ3v) is 7.63. The maximum absolute atomic E-state index is 13.1. The molecule has 1 unspecified atom stereocenters. The van der Waals surface area contributed by atoms with E-state index in [4.69, 9.17) is 4.84 Å². The van der Waals surface area contributed by atoms with Crippen LogP contribution in [-0.2, 0) is 31.1 Å². The van der Waals surface area contributed by atoms with E-state index in [1.807, 2.05) is 0 Å². The average Bonchev–Trinajstić information content (AvgIpc) is 3.30. The van der Waals surface area contributed by atoms with Crippen molar-refractivity contribution >= 4 is 59.2 Å². The monoisotopic (exact) mass is 547 g/mol. The lowest BCUT2D eigenvalue weighted by molar-refractivity contribution is -0.150. The van der Waals surface area contributed by atoms with Gasteiger partial charge >= 0.3 is 5.97 Å². The van der Waals surface area contributed by atoms with Crippen LogP contribution in [0, 0.1) is 0 Å². The number of oxime groups is 1. The van der Waals surface area contributed by atoms with Crippen molar-refractivity contribution in [3.05, 3.63) is 35.2 Å². The fraction of sp³-hybridized carbons (Fsp3) is 0.350. The quantitative estimate of drug-likeness (QED) is 0.107. The van der Waals surface area contributed by atoms with Crippen molar-refractivity contribution in [1.82, 2.24) is 35.4 Å². The summed E-state index contributed by atoms with van der Waals surface area (Å²) in [5.41, 5.74) is 0.342. The van der Waals surface area contributed by atoms with Gasteiger partial charge < -0.3 is 20.6 Å². The van der Waals surface area contributed by atoms with Crippen LogP contribution < -0.4 is 10.6 Å². The summed E-state index contributed by atoms with van der Waals surface area (Å²) in [6.07, 6.45) is 0.442. The first-order valence-electron chi connectivity index (χ1n) is 10.8. The van der Waals surface area contributed by atoms with Gasteiger partial charge in [0.15, 0.2) is 5.71 Å². The Balaban J connectivity index is 1.51. The maximum atomic E-state index is 13.1. The summed E-state index contributed by atoms with van der Waals surface area (Å²) in [5.74, 6) is -1.74. The molecule has 0 spiro atoms. The van der Waals surface area contributed by atoms with Crippen LogP contribution in [0.25, 0.3) is 0 Å². The number of nitrogens with one attached hydrogen (secondary N) is 2. The van der Waals surface area contributed by atoms with Crippen LogP contribution in [0.5, 0.6) is 0 Å². The molecule has 0 aromatic carbocycles. The van der Waals surface area contributed by atoms with E-state index in [1.54, 1.807) is 20.0 Å². The summed E-state index contributed by atoms with van der Waals surface area (Å²) in [7, 11) is 1.67. The molecule has 37 heavy (non-hydrogen) atoms. The number of β-lactam (4-membered cyclic amide) rings is 1. The van der Waals surface area contributed by atoms with E-state index in [0.29, 0.717) is 22.9 Å². The smallest absolute Gasteiger partial charge is 0.352 e. The number of carboxylic acid groups (broad SMARTS) is 1. The molecule has 2 aliphatic rings. The van der Waals surface area contributed by atoms with E-state index in [1.165, 1.54) is 45.2 Å². The summed E-state index contributed by atoms with van der Waals surface area (Å²) in [6.45, 7) is 1.86. The number of anilines is 1. The van der Waals surface area contributed by atoms with Gasteiger partial charge in [0.25, 0.3) is 11.8 Å². The lowest BCUT2D eigenvalue weighted by atomic mass is 10.0. The van der Waals surface area contributed by atoms with E-state index >= 15 is 0 Å². The number of pyridine rings is 1. The van der Waals surface area contributed by atoms with E-state index in [9.17, 15) is 24.3 Å². The highest BCUT2D eigenvalue weighted by atomic mass is 32.2. The molecule has 15 nitrogen and oxygen atoms in total. The first-order valence-corrected chi connectivity index (χ1v) is 12.8. The van der Waals surface area contributed by atoms with Gasteiger partial charge in [-0.15, -0.1) is 16.9 Å². The summed E-state index contributed by atoms with van der Waals surface area (Å²) in [5, 5.41) is 29.8. The van der Waals surface area contributed by atoms with Crippen molar-refractivity contribution in [2.24, 2.45) is 12.2 Å². The number of tetrazole rings is 1. The first-order chi connectivity index (χ1) is 17.8. The molecule has 1 saturated heterocycles. The number of aromatic nitrogens is 5. The Morgan fingerprint density at radius 3 is 2.89 bits per heavy atom. The van der Waals surface area contributed by atoms with Gasteiger partial charge in [-0.25, -0.2) is 14.5 Å². The third-order valence-electron chi connectivity index (χ3n) is 5.19. The highest BCUT2D eigenvalue weighted by Gasteiger charge is 2.54. The number of hydrogen-bond donors (Lipinski definition) is 3. The second kappa shape index (κ2) is 11.4. The van der Waals surface area contributed by atoms with Gasteiger partial charge in [0.2, 0.25) is 11.6 Å². The van der Waals surface area contributed by atoms with Gasteiger partial charge in [-0.05, 0) is 35.1 Å². The van der Waals surface area contributed by atoms with Crippen LogP contribution in [0.2, 0.25) is 0 Å². The number of thioether (sulfide) groups is 2. The molecule has 3 amide bonds. The zero-order chi connectivity index (χ0) is 26.5. The standard InChI is InChI=1S/C20H21N9O6S2/c1-3-35-25-13(11-5-4-6-12(22-11)21-9-30)16(31)23-14-17(32)29-15(19(33)34)10(7-36-18(14)29)8-37-20-24-26-27-28(20)2/h4-6,9,14,18H,3,7-8H2,1-2H3,(H,23,31)(H,33,34)(H,21,22,30)/b25-13+/t14?,18-/m1/s1. The van der Waals surface area contributed by atoms with Crippen molar-refractivity contribution in [2.45, 2.75) is 23.5 Å². The van der Waals surface area contributed by atoms with Crippen molar-refractivity contribution < 1.29 is 29.1 Å². The molecule has 3 N–H and O–H groups in total. The highest BCUT2D eigenvalue weighted by Crippen LogP contribution is 2.41. The number of aliphatic carboxylic acids is 1. The molecule has 4 heterocycles. The second-order valence-electron chi connectivity index (χ2n) is 7.52. The molecule has 0 saturated carbocycles. The number of amides is 3. The van der Waals surface area contributed by atoms with E-state index in [-0.39, 0.29) is 35.3 Å². The molecule has 2 aromatic heterocycles. The van der Waals surface area contributed by atoms with Crippen molar-refractivity contribution in [3.63, 3.8) is 0 Å². The Bertz CT molecular complexity index is 1300. The van der Waals surface area contributed by atoms with Crippen LogP contribution in [0.1, 0.15) is 12.6 Å². The fourth-order valence-electron chi connectivity index (χ4n) is 3.54. The number of rotatable bonds is 11. The maximum Gasteiger partial charge on any atom is 0.352 e. The van der Waals surface area contributed by atoms with Gasteiger partial charge in [0.1, 0.15) is 35.2 Å². The van der Waals surface area contributed by atoms with Gasteiger partial charge in [-0.1, -0.05) is 23.0 Å². The van der Waals surface area contributed by atoms with Crippen LogP contribution in [-0.4, -0.2) is 94.6 Å². The minimum atomic E-state index is -1.24. The first kappa shape index (κ1) is 26.1. The number of nitrogens with zero attached hydrogens (tertiary/aromatic N) is 7. The molecule has 2 atom stereocenters. The lowest BCUT2D eigenvalue weighted by Gasteiger charge is -2.49. The predicted octanol–water partition coefficient (Wildman–Crippen LogP) is -0.555. The van der Waals surface area contributed by atoms with Crippen molar-refractivity contribution in [1.29, 1.82) is 0 Å². The molecular weight excluding hydrogens is 526 g/mol. The predicted molar refractivity (Wildman–Crippen MR) is 131 cm³/mol. The fourth-order valence-corrected chi connectivity index (χ4v) is 5.88. The van der Waals surface area contributed by atoms with Gasteiger partial charge in [-0.3, -0.25) is 19.3 Å². The Hall–Kier alpha value is -3.99. The van der Waals surface area contributed by atoms with E-state index < -0.39 is 29.2 Å². The Morgan fingerprint density at radius 2 is 2.22 bits per heavy atom. The van der Waals surface area contributed by atoms with Crippen LogP contribution in [0.3, 0.4) is 0 Å². The molecule has 17 heteroatoms. The molecule has 1 fully saturated rings. The molecule has 4 rings (SSSR count). The Labute approximate surface area is 218 Å². The minimum Gasteiger partial charge on any atom is -0.477 e. The lowest BCUT2D eigenvalue weighted by Crippen LogP contribution is -2.71. The average molecular weight is 548 g/mol. The van der Waals surface area contributed by atoms with Crippen molar-refractivity contribution in [2.75, 3.05) is 23.4 Å². The number of carbonyl (C=O) groups excluding carboxylic acids is 3. The Morgan fingerprint density at radius 1 is 1.41 bits per heavy atom. The van der Waals surface area contributed by atoms with Crippen molar-refractivity contribution in [3.8, 4) is 0 Å². The Kier molecular flexibility index (Phi) is 8.02. The topological polar surface area (TPSA) is 194 Å². The number of carboxylic acids is 1. The zero-order valence-corrected chi connectivity index (χ0v) is 21.2. The number of aryl methyl sites for hydroxylation is 1. The summed E-state index contributed by atoms with van der Waals surface area (Å²) >= 11 is 2.59. The van der Waals surface area contributed by atoms with Gasteiger partial charge in [0.05, 0.1) is 0 Å². The van der Waals surface area contributed by atoms with Crippen LogP contribution >= 0.6 is 23.5 Å². The summed E-state index contributed by atoms with van der Waals surface area (Å²) in [4.78, 5) is 59.3. The number of carbonyl (C=O) groups is 4. The molecule has 0 aliphatic carbocycles. The number of hydrogen-bond acceptors (Lipinski definition) is 12. The largest absolute Gasteiger partial charge is 0.477 e. The zero-order valence-electron chi connectivity index (χ0n) is 19.5. The molecule has 2 aliphatic heterocycles. The minimum absolute atomic E-state index is 0.112. The molecular formula is C20H21N9O6S2. The SMILES string of the molecule is CCO/N=C(/C(=O)NC1C(=O)N2C(C(=O)O)=C(CSc3nnnn3C)CS[C@H]12)c1cccc(NC=O)n1. The summed E-state index contributed by atoms with van der Waals surface area (Å²) < 4.78 is 1.46. The van der Waals surface area contributed by atoms with E-state index in [0.717, 1.165) is 0 Å². The normalized spacial score (nSPS) is 19.1. The summed E-state index contributed by atoms with van der Waals surface area (Å²) in [6, 6.07) is 3.61. The molecule has 194 valence electrons. The van der Waals surface area contributed by atoms with Crippen LogP contribution in [0.4, 0.5) is 5.82 Å². The second-order valence-corrected chi connectivity index (χ2v) is 9.57. The third kappa shape index (κ3) is 5.41. The molecule has 2 aromatic rings. The molecule has 0 bridgehead atoms. The van der Waals surface area contributed by atoms with Crippen LogP contribution in [0.15, 0.2) is 39.8 Å². The highest BCUT2D eigenvalue weighted by molar-refractivity contribution is 8.01. The van der Waals surface area contributed by atoms with Gasteiger partial charge in [-0.2, -0.15) is 0 Å². The number of fused-ring (bicyclic) bond motifs is 1. The molecule has 0 radical (unpaired) electrons. The van der Waals surface area contributed by atoms with E-state index in [2.05, 4.69) is 36.3 Å².